The van der Waals surface area contributed by atoms with E-state index in [1.54, 1.807) is 36.4 Å². The molecule has 6 nitrogen and oxygen atoms in total. The summed E-state index contributed by atoms with van der Waals surface area (Å²) in [5, 5.41) is 9.70. The Labute approximate surface area is 174 Å². The molecule has 29 heavy (non-hydrogen) atoms. The molecule has 1 saturated heterocycles. The summed E-state index contributed by atoms with van der Waals surface area (Å²) in [4.78, 5) is 43.4. The molecule has 1 fully saturated rings. The molecule has 0 bridgehead atoms. The number of amides is 2. The Morgan fingerprint density at radius 3 is 2.34 bits per heavy atom. The molecule has 146 valence electrons. The number of carbonyl (C=O) groups is 2. The Morgan fingerprint density at radius 2 is 1.66 bits per heavy atom. The highest BCUT2D eigenvalue weighted by atomic mass is 32.2. The first kappa shape index (κ1) is 18.2. The fourth-order valence-electron chi connectivity index (χ4n) is 4.01. The van der Waals surface area contributed by atoms with Crippen molar-refractivity contribution in [2.45, 2.75) is 23.1 Å². The molecule has 2 aliphatic heterocycles. The van der Waals surface area contributed by atoms with Crippen molar-refractivity contribution < 1.29 is 14.7 Å². The van der Waals surface area contributed by atoms with Gasteiger partial charge in [-0.3, -0.25) is 14.4 Å². The molecule has 1 aromatic heterocycles. The number of aryl methyl sites for hydroxylation is 1. The number of aromatic amines is 1. The lowest BCUT2D eigenvalue weighted by Crippen LogP contribution is -2.32. The van der Waals surface area contributed by atoms with Crippen molar-refractivity contribution in [1.29, 1.82) is 0 Å². The average Bonchev–Trinajstić information content (AvgIpc) is 3.19. The van der Waals surface area contributed by atoms with E-state index >= 15 is 0 Å². The van der Waals surface area contributed by atoms with Crippen LogP contribution < -0.4 is 9.77 Å². The van der Waals surface area contributed by atoms with Crippen LogP contribution in [0.4, 0.5) is 5.69 Å². The van der Waals surface area contributed by atoms with Crippen LogP contribution in [0.25, 0.3) is 0 Å². The summed E-state index contributed by atoms with van der Waals surface area (Å²) in [5.74, 6) is -1.45. The minimum Gasteiger partial charge on any atom is -0.508 e. The summed E-state index contributed by atoms with van der Waals surface area (Å²) in [7, 11) is 0. The number of carbonyl (C=O) groups excluding carboxylic acids is 2. The van der Waals surface area contributed by atoms with Crippen LogP contribution in [0.15, 0.2) is 58.4 Å². The van der Waals surface area contributed by atoms with Crippen LogP contribution in [0.5, 0.6) is 5.75 Å². The maximum atomic E-state index is 13.5. The van der Waals surface area contributed by atoms with Crippen LogP contribution >= 0.6 is 23.1 Å². The van der Waals surface area contributed by atoms with Crippen molar-refractivity contribution >= 4 is 40.6 Å². The number of thioether (sulfide) groups is 1. The Morgan fingerprint density at radius 1 is 0.966 bits per heavy atom. The lowest BCUT2D eigenvalue weighted by molar-refractivity contribution is -0.122. The lowest BCUT2D eigenvalue weighted by Gasteiger charge is -2.29. The van der Waals surface area contributed by atoms with Gasteiger partial charge in [-0.05, 0) is 36.8 Å². The third kappa shape index (κ3) is 2.82. The predicted octanol–water partition coefficient (Wildman–Crippen LogP) is 3.25. The second-order valence-electron chi connectivity index (χ2n) is 7.19. The first-order chi connectivity index (χ1) is 13.9. The number of imide groups is 1. The van der Waals surface area contributed by atoms with Gasteiger partial charge in [0.25, 0.3) is 0 Å². The first-order valence-corrected chi connectivity index (χ1v) is 10.8. The number of aromatic hydroxyl groups is 1. The fraction of sp³-hybridized carbons (Fsp3) is 0.190. The quantitative estimate of drug-likeness (QED) is 0.617. The van der Waals surface area contributed by atoms with Gasteiger partial charge in [0.1, 0.15) is 11.0 Å². The van der Waals surface area contributed by atoms with Crippen LogP contribution in [0.2, 0.25) is 0 Å². The topological polar surface area (TPSA) is 90.5 Å². The van der Waals surface area contributed by atoms with E-state index in [-0.39, 0.29) is 22.4 Å². The normalized spacial score (nSPS) is 23.2. The number of rotatable bonds is 2. The smallest absolute Gasteiger partial charge is 0.305 e. The van der Waals surface area contributed by atoms with Gasteiger partial charge in [-0.15, -0.1) is 0 Å². The average molecular weight is 425 g/mol. The van der Waals surface area contributed by atoms with Crippen molar-refractivity contribution in [2.24, 2.45) is 5.92 Å². The number of thiazole rings is 1. The lowest BCUT2D eigenvalue weighted by atomic mass is 9.83. The number of anilines is 1. The number of fused-ring (bicyclic) bond motifs is 2. The van der Waals surface area contributed by atoms with Crippen molar-refractivity contribution in [3.05, 3.63) is 74.2 Å². The zero-order chi connectivity index (χ0) is 20.3. The zero-order valence-electron chi connectivity index (χ0n) is 15.3. The standard InChI is InChI=1S/C21H16N2O4S2/c1-10-2-6-12(7-3-10)23-19(25)15-14(11-4-8-13(24)9-5-11)16-18(22-21(27)29-16)28-17(15)20(23)26/h2-9,14-15,17,24H,1H3,(H,22,27)/t14-,15-,17+/m0/s1. The van der Waals surface area contributed by atoms with Crippen molar-refractivity contribution in [3.63, 3.8) is 0 Å². The molecule has 3 heterocycles. The third-order valence-electron chi connectivity index (χ3n) is 5.37. The largest absolute Gasteiger partial charge is 0.508 e. The van der Waals surface area contributed by atoms with Gasteiger partial charge in [0, 0.05) is 10.8 Å². The van der Waals surface area contributed by atoms with E-state index < -0.39 is 17.1 Å². The molecule has 0 radical (unpaired) electrons. The predicted molar refractivity (Wildman–Crippen MR) is 112 cm³/mol. The number of nitrogens with one attached hydrogen (secondary N) is 1. The molecular weight excluding hydrogens is 408 g/mol. The van der Waals surface area contributed by atoms with Crippen molar-refractivity contribution in [3.8, 4) is 5.75 Å². The zero-order valence-corrected chi connectivity index (χ0v) is 16.9. The molecule has 0 spiro atoms. The van der Waals surface area contributed by atoms with Gasteiger partial charge in [0.15, 0.2) is 0 Å². The number of H-pyrrole nitrogens is 1. The highest BCUT2D eigenvalue weighted by Gasteiger charge is 2.56. The summed E-state index contributed by atoms with van der Waals surface area (Å²) in [6.45, 7) is 1.95. The summed E-state index contributed by atoms with van der Waals surface area (Å²) in [6, 6.07) is 13.9. The monoisotopic (exact) mass is 424 g/mol. The number of hydrogen-bond donors (Lipinski definition) is 2. The molecule has 3 atom stereocenters. The van der Waals surface area contributed by atoms with E-state index in [4.69, 9.17) is 0 Å². The first-order valence-electron chi connectivity index (χ1n) is 9.07. The number of aromatic nitrogens is 1. The molecule has 2 N–H and O–H groups in total. The van der Waals surface area contributed by atoms with Crippen LogP contribution in [-0.2, 0) is 9.59 Å². The number of nitrogens with zero attached hydrogens (tertiary/aromatic N) is 1. The van der Waals surface area contributed by atoms with E-state index in [1.807, 2.05) is 19.1 Å². The Bertz CT molecular complexity index is 1180. The van der Waals surface area contributed by atoms with Gasteiger partial charge < -0.3 is 10.1 Å². The van der Waals surface area contributed by atoms with E-state index in [2.05, 4.69) is 4.98 Å². The maximum absolute atomic E-state index is 13.5. The van der Waals surface area contributed by atoms with Crippen molar-refractivity contribution in [1.82, 2.24) is 4.98 Å². The summed E-state index contributed by atoms with van der Waals surface area (Å²) >= 11 is 2.33. The molecular formula is C21H16N2O4S2. The van der Waals surface area contributed by atoms with E-state index in [0.29, 0.717) is 10.7 Å². The van der Waals surface area contributed by atoms with Gasteiger partial charge in [-0.1, -0.05) is 52.9 Å². The molecule has 3 aromatic rings. The second kappa shape index (κ2) is 6.60. The van der Waals surface area contributed by atoms with Crippen LogP contribution in [-0.4, -0.2) is 27.2 Å². The van der Waals surface area contributed by atoms with Gasteiger partial charge in [-0.25, -0.2) is 4.90 Å². The summed E-state index contributed by atoms with van der Waals surface area (Å²) < 4.78 is 0. The molecule has 0 saturated carbocycles. The fourth-order valence-corrected chi connectivity index (χ4v) is 6.52. The Balaban J connectivity index is 1.64. The molecule has 5 rings (SSSR count). The summed E-state index contributed by atoms with van der Waals surface area (Å²) in [5.41, 5.74) is 2.39. The maximum Gasteiger partial charge on any atom is 0.305 e. The SMILES string of the molecule is Cc1ccc(N2C(=O)[C@H]3[C@H](c4ccc(O)cc4)c4sc(=O)[nH]c4S[C@H]3C2=O)cc1. The number of phenols is 1. The van der Waals surface area contributed by atoms with Gasteiger partial charge in [0.05, 0.1) is 16.6 Å². The molecule has 0 unspecified atom stereocenters. The molecule has 2 aromatic carbocycles. The molecule has 2 amide bonds. The Kier molecular flexibility index (Phi) is 4.15. The van der Waals surface area contributed by atoms with Crippen molar-refractivity contribution in [2.75, 3.05) is 4.90 Å². The highest BCUT2D eigenvalue weighted by Crippen LogP contribution is 2.53. The molecule has 8 heteroatoms. The third-order valence-corrected chi connectivity index (χ3v) is 7.77. The molecule has 2 aliphatic rings. The molecule has 0 aliphatic carbocycles. The Hall–Kier alpha value is -2.84. The number of phenolic OH excluding ortho intramolecular Hbond substituents is 1. The van der Waals surface area contributed by atoms with Crippen LogP contribution in [0.3, 0.4) is 0 Å². The van der Waals surface area contributed by atoms with E-state index in [9.17, 15) is 19.5 Å². The highest BCUT2D eigenvalue weighted by molar-refractivity contribution is 8.00. The van der Waals surface area contributed by atoms with Gasteiger partial charge >= 0.3 is 4.87 Å². The van der Waals surface area contributed by atoms with Gasteiger partial charge in [0.2, 0.25) is 11.8 Å². The number of benzene rings is 2. The second-order valence-corrected chi connectivity index (χ2v) is 9.36. The van der Waals surface area contributed by atoms with Gasteiger partial charge in [-0.2, -0.15) is 0 Å². The minimum absolute atomic E-state index is 0.119. The van der Waals surface area contributed by atoms with E-state index in [1.165, 1.54) is 16.7 Å². The minimum atomic E-state index is -0.614. The van der Waals surface area contributed by atoms with E-state index in [0.717, 1.165) is 27.3 Å². The van der Waals surface area contributed by atoms with Crippen LogP contribution in [0, 0.1) is 12.8 Å². The number of hydrogen-bond acceptors (Lipinski definition) is 6. The van der Waals surface area contributed by atoms with Crippen LogP contribution in [0.1, 0.15) is 21.9 Å². The summed E-state index contributed by atoms with van der Waals surface area (Å²) in [6.07, 6.45) is 0.